The van der Waals surface area contributed by atoms with Crippen LogP contribution in [0.25, 0.3) is 22.2 Å². The van der Waals surface area contributed by atoms with Gasteiger partial charge in [0.15, 0.2) is 11.5 Å². The van der Waals surface area contributed by atoms with Gasteiger partial charge in [-0.25, -0.2) is 18.9 Å². The third-order valence-corrected chi connectivity index (χ3v) is 5.19. The number of carbonyl (C=O) groups excluding carboxylic acids is 1. The summed E-state index contributed by atoms with van der Waals surface area (Å²) in [6.07, 6.45) is 9.25. The second-order valence-corrected chi connectivity index (χ2v) is 7.35. The van der Waals surface area contributed by atoms with Crippen molar-refractivity contribution in [3.05, 3.63) is 94.0 Å². The number of nitrogen functional groups attached to an aromatic ring is 1. The van der Waals surface area contributed by atoms with Crippen LogP contribution in [0.4, 0.5) is 10.2 Å². The Labute approximate surface area is 198 Å². The maximum atomic E-state index is 13.1. The van der Waals surface area contributed by atoms with Gasteiger partial charge < -0.3 is 11.5 Å². The van der Waals surface area contributed by atoms with Crippen molar-refractivity contribution in [1.29, 1.82) is 0 Å². The molecule has 0 aliphatic rings. The van der Waals surface area contributed by atoms with E-state index < -0.39 is 5.91 Å². The Morgan fingerprint density at radius 3 is 2.57 bits per heavy atom. The number of halogens is 1. The van der Waals surface area contributed by atoms with E-state index in [1.807, 2.05) is 6.92 Å². The molecule has 4 N–H and O–H groups in total. The maximum Gasteiger partial charge on any atom is 0.267 e. The molecule has 174 valence electrons. The minimum atomic E-state index is -0.619. The molecule has 3 aromatic heterocycles. The fourth-order valence-corrected chi connectivity index (χ4v) is 3.63. The predicted octanol–water partition coefficient (Wildman–Crippen LogP) is 2.48. The number of fused-ring (bicyclic) bond motifs is 2. The summed E-state index contributed by atoms with van der Waals surface area (Å²) >= 11 is 0. The summed E-state index contributed by atoms with van der Waals surface area (Å²) in [5, 5.41) is 4.27. The molecule has 35 heavy (non-hydrogen) atoms. The molecule has 0 aliphatic heterocycles. The van der Waals surface area contributed by atoms with Crippen LogP contribution in [0, 0.1) is 18.2 Å². The Balaban J connectivity index is 0.000000189. The van der Waals surface area contributed by atoms with Gasteiger partial charge in [-0.2, -0.15) is 0 Å². The van der Waals surface area contributed by atoms with Gasteiger partial charge >= 0.3 is 0 Å². The van der Waals surface area contributed by atoms with Gasteiger partial charge in [0.1, 0.15) is 17.2 Å². The second-order valence-electron chi connectivity index (χ2n) is 7.35. The van der Waals surface area contributed by atoms with Gasteiger partial charge in [-0.1, -0.05) is 18.9 Å². The second kappa shape index (κ2) is 9.44. The molecule has 5 rings (SSSR count). The van der Waals surface area contributed by atoms with Crippen molar-refractivity contribution in [2.75, 3.05) is 5.73 Å². The highest BCUT2D eigenvalue weighted by Crippen LogP contribution is 2.17. The molecule has 9 nitrogen and oxygen atoms in total. The first-order chi connectivity index (χ1) is 16.8. The molecule has 0 saturated carbocycles. The molecule has 0 radical (unpaired) electrons. The summed E-state index contributed by atoms with van der Waals surface area (Å²) in [6, 6.07) is 12.7. The Kier molecular flexibility index (Phi) is 6.24. The minimum Gasteiger partial charge on any atom is -0.381 e. The largest absolute Gasteiger partial charge is 0.381 e. The van der Waals surface area contributed by atoms with Gasteiger partial charge in [-0.3, -0.25) is 14.2 Å². The van der Waals surface area contributed by atoms with Gasteiger partial charge in [0.25, 0.3) is 11.5 Å². The van der Waals surface area contributed by atoms with Crippen molar-refractivity contribution in [3.8, 4) is 18.0 Å². The van der Waals surface area contributed by atoms with E-state index in [-0.39, 0.29) is 22.8 Å². The van der Waals surface area contributed by atoms with Crippen molar-refractivity contribution in [2.45, 2.75) is 13.3 Å². The number of rotatable bonds is 3. The zero-order chi connectivity index (χ0) is 25.1. The molecule has 2 aromatic carbocycles. The fourth-order valence-electron chi connectivity index (χ4n) is 3.63. The number of anilines is 1. The normalized spacial score (nSPS) is 10.5. The number of terminal acetylenes is 1. The van der Waals surface area contributed by atoms with Crippen LogP contribution in [0.5, 0.6) is 0 Å². The molecule has 5 aromatic rings. The lowest BCUT2D eigenvalue weighted by molar-refractivity contribution is 0.100. The lowest BCUT2D eigenvalue weighted by Crippen LogP contribution is -2.24. The number of hydrogen-bond acceptors (Lipinski definition) is 6. The molecule has 0 bridgehead atoms. The predicted molar refractivity (Wildman–Crippen MR) is 131 cm³/mol. The third kappa shape index (κ3) is 4.30. The number of nitrogens with two attached hydrogens (primary N) is 2. The van der Waals surface area contributed by atoms with E-state index in [0.29, 0.717) is 40.0 Å². The molecular formula is C25H20FN7O2. The lowest BCUT2D eigenvalue weighted by atomic mass is 10.1. The van der Waals surface area contributed by atoms with Crippen molar-refractivity contribution < 1.29 is 9.18 Å². The average Bonchev–Trinajstić information content (AvgIpc) is 3.20. The molecule has 1 amide bonds. The standard InChI is InChI=1S/C18H13FN2O.C7H7N5O/c1-3-12-6-5-7-15-17(12)18(22)21(16(4-2)20-15)14-10-8-13(19)9-11-14;8-5-4(6(9)13)7-10-2-1-3-12(7)11-5/h1,5-11H,4H2,2H3;1-3H,(H2,8,11)(H2,9,13). The Bertz CT molecular complexity index is 1660. The Morgan fingerprint density at radius 2 is 1.91 bits per heavy atom. The Hall–Kier alpha value is -5.04. The van der Waals surface area contributed by atoms with Crippen molar-refractivity contribution in [2.24, 2.45) is 5.73 Å². The van der Waals surface area contributed by atoms with Gasteiger partial charge in [0, 0.05) is 24.4 Å². The van der Waals surface area contributed by atoms with Crippen LogP contribution >= 0.6 is 0 Å². The number of primary amides is 1. The zero-order valence-corrected chi connectivity index (χ0v) is 18.6. The molecule has 0 fully saturated rings. The number of benzene rings is 2. The fraction of sp³-hybridized carbons (Fsp3) is 0.0800. The molecule has 3 heterocycles. The molecule has 0 spiro atoms. The number of aryl methyl sites for hydroxylation is 1. The highest BCUT2D eigenvalue weighted by molar-refractivity contribution is 6.03. The van der Waals surface area contributed by atoms with E-state index in [2.05, 4.69) is 21.0 Å². The first kappa shape index (κ1) is 23.1. The van der Waals surface area contributed by atoms with E-state index in [9.17, 15) is 14.0 Å². The summed E-state index contributed by atoms with van der Waals surface area (Å²) in [6.45, 7) is 1.92. The van der Waals surface area contributed by atoms with Crippen molar-refractivity contribution >= 4 is 28.3 Å². The number of amides is 1. The quantitative estimate of drug-likeness (QED) is 0.390. The SMILES string of the molecule is C#Cc1cccc2nc(CC)n(-c3ccc(F)cc3)c(=O)c12.NC(=O)c1c(N)nn2cccnc12. The van der Waals surface area contributed by atoms with E-state index in [1.165, 1.54) is 21.2 Å². The van der Waals surface area contributed by atoms with Gasteiger partial charge in [0.2, 0.25) is 0 Å². The molecule has 0 atom stereocenters. The van der Waals surface area contributed by atoms with Gasteiger partial charge in [0.05, 0.1) is 16.6 Å². The number of aromatic nitrogens is 5. The Morgan fingerprint density at radius 1 is 1.17 bits per heavy atom. The van der Waals surface area contributed by atoms with Crippen molar-refractivity contribution in [3.63, 3.8) is 0 Å². The van der Waals surface area contributed by atoms with E-state index in [4.69, 9.17) is 17.9 Å². The van der Waals surface area contributed by atoms with Crippen LogP contribution in [-0.2, 0) is 6.42 Å². The zero-order valence-electron chi connectivity index (χ0n) is 18.6. The lowest BCUT2D eigenvalue weighted by Gasteiger charge is -2.13. The minimum absolute atomic E-state index is 0.103. The van der Waals surface area contributed by atoms with Gasteiger partial charge in [-0.05, 0) is 42.5 Å². The molecular weight excluding hydrogens is 449 g/mol. The summed E-state index contributed by atoms with van der Waals surface area (Å²) in [4.78, 5) is 32.3. The molecule has 0 unspecified atom stereocenters. The molecule has 0 saturated heterocycles. The number of hydrogen-bond donors (Lipinski definition) is 2. The smallest absolute Gasteiger partial charge is 0.267 e. The van der Waals surface area contributed by atoms with E-state index in [1.54, 1.807) is 48.8 Å². The van der Waals surface area contributed by atoms with E-state index >= 15 is 0 Å². The summed E-state index contributed by atoms with van der Waals surface area (Å²) < 4.78 is 16.0. The summed E-state index contributed by atoms with van der Waals surface area (Å²) in [7, 11) is 0. The summed E-state index contributed by atoms with van der Waals surface area (Å²) in [5.41, 5.74) is 12.6. The van der Waals surface area contributed by atoms with Crippen molar-refractivity contribution in [1.82, 2.24) is 24.1 Å². The van der Waals surface area contributed by atoms with Crippen LogP contribution in [0.15, 0.2) is 65.7 Å². The highest BCUT2D eigenvalue weighted by atomic mass is 19.1. The van der Waals surface area contributed by atoms with Crippen LogP contribution < -0.4 is 17.0 Å². The number of nitrogens with zero attached hydrogens (tertiary/aromatic N) is 5. The monoisotopic (exact) mass is 469 g/mol. The van der Waals surface area contributed by atoms with Crippen LogP contribution in [0.1, 0.15) is 28.7 Å². The van der Waals surface area contributed by atoms with Crippen LogP contribution in [-0.4, -0.2) is 30.1 Å². The first-order valence-electron chi connectivity index (χ1n) is 10.5. The molecule has 10 heteroatoms. The summed E-state index contributed by atoms with van der Waals surface area (Å²) in [5.74, 6) is 2.26. The van der Waals surface area contributed by atoms with Crippen LogP contribution in [0.3, 0.4) is 0 Å². The molecule has 0 aliphatic carbocycles. The highest BCUT2D eigenvalue weighted by Gasteiger charge is 2.16. The van der Waals surface area contributed by atoms with E-state index in [0.717, 1.165) is 0 Å². The van der Waals surface area contributed by atoms with Crippen LogP contribution in [0.2, 0.25) is 0 Å². The first-order valence-corrected chi connectivity index (χ1v) is 10.5. The van der Waals surface area contributed by atoms with Gasteiger partial charge in [-0.15, -0.1) is 11.5 Å². The maximum absolute atomic E-state index is 13.1. The number of carbonyl (C=O) groups is 1. The average molecular weight is 469 g/mol. The topological polar surface area (TPSA) is 134 Å². The third-order valence-electron chi connectivity index (χ3n) is 5.19.